The SMILES string of the molecule is CSCCC(Nc1nc(C)cc(C)n1)C(=O)NCc1ccco1. The molecule has 1 unspecified atom stereocenters. The van der Waals surface area contributed by atoms with Crippen molar-refractivity contribution >= 4 is 23.6 Å². The molecule has 6 nitrogen and oxygen atoms in total. The van der Waals surface area contributed by atoms with E-state index in [4.69, 9.17) is 4.42 Å². The van der Waals surface area contributed by atoms with E-state index in [1.54, 1.807) is 24.1 Å². The Morgan fingerprint density at radius 2 is 2.09 bits per heavy atom. The van der Waals surface area contributed by atoms with Crippen molar-refractivity contribution in [3.63, 3.8) is 0 Å². The molecular formula is C16H22N4O2S. The molecule has 2 rings (SSSR count). The van der Waals surface area contributed by atoms with Crippen LogP contribution in [0.25, 0.3) is 0 Å². The second-order valence-electron chi connectivity index (χ2n) is 5.25. The highest BCUT2D eigenvalue weighted by molar-refractivity contribution is 7.98. The van der Waals surface area contributed by atoms with Gasteiger partial charge in [-0.05, 0) is 50.5 Å². The molecule has 0 bridgehead atoms. The van der Waals surface area contributed by atoms with Gasteiger partial charge >= 0.3 is 0 Å². The fourth-order valence-electron chi connectivity index (χ4n) is 2.16. The van der Waals surface area contributed by atoms with Crippen molar-refractivity contribution in [1.29, 1.82) is 0 Å². The van der Waals surface area contributed by atoms with E-state index in [0.717, 1.165) is 22.9 Å². The number of carbonyl (C=O) groups excluding carboxylic acids is 1. The van der Waals surface area contributed by atoms with E-state index in [1.807, 2.05) is 32.2 Å². The first-order chi connectivity index (χ1) is 11.1. The largest absolute Gasteiger partial charge is 0.467 e. The van der Waals surface area contributed by atoms with Gasteiger partial charge in [0.25, 0.3) is 0 Å². The van der Waals surface area contributed by atoms with Crippen LogP contribution in [-0.4, -0.2) is 33.9 Å². The fraction of sp³-hybridized carbons (Fsp3) is 0.438. The predicted octanol–water partition coefficient (Wildman–Crippen LogP) is 2.54. The van der Waals surface area contributed by atoms with Crippen LogP contribution < -0.4 is 10.6 Å². The number of hydrogen-bond donors (Lipinski definition) is 2. The monoisotopic (exact) mass is 334 g/mol. The van der Waals surface area contributed by atoms with E-state index < -0.39 is 0 Å². The van der Waals surface area contributed by atoms with Gasteiger partial charge in [-0.25, -0.2) is 9.97 Å². The Labute approximate surface area is 140 Å². The van der Waals surface area contributed by atoms with E-state index >= 15 is 0 Å². The number of carbonyl (C=O) groups is 1. The molecular weight excluding hydrogens is 312 g/mol. The number of thioether (sulfide) groups is 1. The normalized spacial score (nSPS) is 12.0. The first-order valence-corrected chi connectivity index (χ1v) is 8.85. The lowest BCUT2D eigenvalue weighted by Crippen LogP contribution is -2.40. The molecule has 0 spiro atoms. The fourth-order valence-corrected chi connectivity index (χ4v) is 2.63. The van der Waals surface area contributed by atoms with Gasteiger partial charge in [-0.15, -0.1) is 0 Å². The zero-order chi connectivity index (χ0) is 16.7. The number of rotatable bonds is 8. The zero-order valence-corrected chi connectivity index (χ0v) is 14.4. The Hall–Kier alpha value is -2.02. The summed E-state index contributed by atoms with van der Waals surface area (Å²) in [6, 6.07) is 5.16. The Morgan fingerprint density at radius 3 is 2.70 bits per heavy atom. The number of hydrogen-bond acceptors (Lipinski definition) is 6. The topological polar surface area (TPSA) is 80.0 Å². The van der Waals surface area contributed by atoms with Crippen molar-refractivity contribution in [2.45, 2.75) is 32.9 Å². The maximum Gasteiger partial charge on any atom is 0.242 e. The second kappa shape index (κ2) is 8.57. The molecule has 23 heavy (non-hydrogen) atoms. The molecule has 0 aliphatic heterocycles. The summed E-state index contributed by atoms with van der Waals surface area (Å²) in [5.74, 6) is 2.00. The molecule has 2 aromatic rings. The van der Waals surface area contributed by atoms with Crippen molar-refractivity contribution < 1.29 is 9.21 Å². The number of nitrogens with zero attached hydrogens (tertiary/aromatic N) is 2. The van der Waals surface area contributed by atoms with Crippen LogP contribution >= 0.6 is 11.8 Å². The van der Waals surface area contributed by atoms with Crippen molar-refractivity contribution in [3.8, 4) is 0 Å². The van der Waals surface area contributed by atoms with Crippen LogP contribution in [0.4, 0.5) is 5.95 Å². The highest BCUT2D eigenvalue weighted by Crippen LogP contribution is 2.10. The molecule has 1 atom stereocenters. The quantitative estimate of drug-likeness (QED) is 0.772. The summed E-state index contributed by atoms with van der Waals surface area (Å²) in [7, 11) is 0. The summed E-state index contributed by atoms with van der Waals surface area (Å²) in [6.45, 7) is 4.19. The molecule has 2 N–H and O–H groups in total. The van der Waals surface area contributed by atoms with Gasteiger partial charge < -0.3 is 15.1 Å². The first kappa shape index (κ1) is 17.3. The summed E-state index contributed by atoms with van der Waals surface area (Å²) in [5, 5.41) is 6.03. The number of furan rings is 1. The van der Waals surface area contributed by atoms with E-state index in [9.17, 15) is 4.79 Å². The average molecular weight is 334 g/mol. The van der Waals surface area contributed by atoms with Crippen molar-refractivity contribution in [2.24, 2.45) is 0 Å². The van der Waals surface area contributed by atoms with Crippen molar-refractivity contribution in [2.75, 3.05) is 17.3 Å². The average Bonchev–Trinajstić information content (AvgIpc) is 3.01. The Morgan fingerprint density at radius 1 is 1.35 bits per heavy atom. The highest BCUT2D eigenvalue weighted by Gasteiger charge is 2.19. The lowest BCUT2D eigenvalue weighted by Gasteiger charge is -2.18. The molecule has 0 aromatic carbocycles. The van der Waals surface area contributed by atoms with Gasteiger partial charge in [-0.2, -0.15) is 11.8 Å². The van der Waals surface area contributed by atoms with Crippen LogP contribution in [0.1, 0.15) is 23.6 Å². The van der Waals surface area contributed by atoms with Gasteiger partial charge in [-0.3, -0.25) is 4.79 Å². The smallest absolute Gasteiger partial charge is 0.242 e. The third-order valence-corrected chi connectivity index (χ3v) is 3.87. The van der Waals surface area contributed by atoms with Crippen molar-refractivity contribution in [3.05, 3.63) is 41.6 Å². The zero-order valence-electron chi connectivity index (χ0n) is 13.6. The molecule has 124 valence electrons. The molecule has 0 aliphatic carbocycles. The van der Waals surface area contributed by atoms with Gasteiger partial charge in [0.15, 0.2) is 0 Å². The minimum atomic E-state index is -0.376. The standard InChI is InChI=1S/C16H22N4O2S/c1-11-9-12(2)19-16(18-11)20-14(6-8-23-3)15(21)17-10-13-5-4-7-22-13/h4-5,7,9,14H,6,8,10H2,1-3H3,(H,17,21)(H,18,19,20). The summed E-state index contributed by atoms with van der Waals surface area (Å²) in [6.07, 6.45) is 4.31. The minimum absolute atomic E-state index is 0.0850. The molecule has 0 saturated carbocycles. The number of amides is 1. The number of nitrogens with one attached hydrogen (secondary N) is 2. The van der Waals surface area contributed by atoms with Crippen LogP contribution in [-0.2, 0) is 11.3 Å². The van der Waals surface area contributed by atoms with Crippen LogP contribution in [0.5, 0.6) is 0 Å². The summed E-state index contributed by atoms with van der Waals surface area (Å²) < 4.78 is 5.23. The molecule has 2 aromatic heterocycles. The van der Waals surface area contributed by atoms with Crippen LogP contribution in [0.2, 0.25) is 0 Å². The maximum absolute atomic E-state index is 12.4. The third-order valence-electron chi connectivity index (χ3n) is 3.23. The third kappa shape index (κ3) is 5.59. The molecule has 0 fully saturated rings. The van der Waals surface area contributed by atoms with E-state index in [1.165, 1.54) is 0 Å². The molecule has 7 heteroatoms. The Balaban J connectivity index is 2.01. The summed E-state index contributed by atoms with van der Waals surface area (Å²) in [5.41, 5.74) is 1.75. The maximum atomic E-state index is 12.4. The van der Waals surface area contributed by atoms with E-state index in [2.05, 4.69) is 20.6 Å². The summed E-state index contributed by atoms with van der Waals surface area (Å²) >= 11 is 1.70. The van der Waals surface area contributed by atoms with Crippen LogP contribution in [0.15, 0.2) is 28.9 Å². The summed E-state index contributed by atoms with van der Waals surface area (Å²) in [4.78, 5) is 21.1. The minimum Gasteiger partial charge on any atom is -0.467 e. The van der Waals surface area contributed by atoms with Gasteiger partial charge in [-0.1, -0.05) is 0 Å². The Kier molecular flexibility index (Phi) is 6.46. The second-order valence-corrected chi connectivity index (χ2v) is 6.24. The Bertz CT molecular complexity index is 611. The van der Waals surface area contributed by atoms with Gasteiger partial charge in [0, 0.05) is 11.4 Å². The van der Waals surface area contributed by atoms with Crippen LogP contribution in [0.3, 0.4) is 0 Å². The number of aromatic nitrogens is 2. The highest BCUT2D eigenvalue weighted by atomic mass is 32.2. The number of aryl methyl sites for hydroxylation is 2. The first-order valence-electron chi connectivity index (χ1n) is 7.46. The van der Waals surface area contributed by atoms with Gasteiger partial charge in [0.05, 0.1) is 12.8 Å². The van der Waals surface area contributed by atoms with Crippen LogP contribution in [0, 0.1) is 13.8 Å². The molecule has 1 amide bonds. The number of anilines is 1. The molecule has 0 aliphatic rings. The van der Waals surface area contributed by atoms with E-state index in [-0.39, 0.29) is 11.9 Å². The molecule has 0 radical (unpaired) electrons. The lowest BCUT2D eigenvalue weighted by molar-refractivity contribution is -0.122. The lowest BCUT2D eigenvalue weighted by atomic mass is 10.2. The van der Waals surface area contributed by atoms with Gasteiger partial charge in [0.1, 0.15) is 11.8 Å². The van der Waals surface area contributed by atoms with Gasteiger partial charge in [0.2, 0.25) is 11.9 Å². The predicted molar refractivity (Wildman–Crippen MR) is 92.5 cm³/mol. The molecule has 0 saturated heterocycles. The molecule has 2 heterocycles. The van der Waals surface area contributed by atoms with Crippen molar-refractivity contribution in [1.82, 2.24) is 15.3 Å². The van der Waals surface area contributed by atoms with E-state index in [0.29, 0.717) is 18.9 Å².